The van der Waals surface area contributed by atoms with Crippen LogP contribution in [0.15, 0.2) is 24.3 Å². The van der Waals surface area contributed by atoms with E-state index in [0.717, 1.165) is 12.8 Å². The smallest absolute Gasteiger partial charge is 0.337 e. The monoisotopic (exact) mass is 300 g/mol. The lowest BCUT2D eigenvalue weighted by Gasteiger charge is -2.29. The number of amides is 1. The quantitative estimate of drug-likeness (QED) is 0.757. The molecule has 116 valence electrons. The number of hydrogen-bond acceptors (Lipinski definition) is 4. The number of nitrogens with zero attached hydrogens (tertiary/aromatic N) is 2. The fourth-order valence-corrected chi connectivity index (χ4v) is 2.53. The molecule has 0 aromatic heterocycles. The largest absolute Gasteiger partial charge is 0.465 e. The van der Waals surface area contributed by atoms with Gasteiger partial charge in [-0.25, -0.2) is 4.79 Å². The van der Waals surface area contributed by atoms with Crippen LogP contribution in [0.1, 0.15) is 46.9 Å². The second-order valence-electron chi connectivity index (χ2n) is 5.55. The third-order valence-corrected chi connectivity index (χ3v) is 4.07. The zero-order valence-electron chi connectivity index (χ0n) is 12.9. The Bertz CT molecular complexity index is 585. The zero-order chi connectivity index (χ0) is 16.1. The van der Waals surface area contributed by atoms with E-state index in [1.54, 1.807) is 29.2 Å². The number of methoxy groups -OCH3 is 1. The van der Waals surface area contributed by atoms with Gasteiger partial charge in [-0.2, -0.15) is 5.26 Å². The highest BCUT2D eigenvalue weighted by Gasteiger charge is 2.34. The van der Waals surface area contributed by atoms with Gasteiger partial charge < -0.3 is 9.64 Å². The molecule has 1 aliphatic carbocycles. The molecule has 1 fully saturated rings. The summed E-state index contributed by atoms with van der Waals surface area (Å²) in [5, 5.41) is 8.79. The van der Waals surface area contributed by atoms with E-state index in [-0.39, 0.29) is 11.9 Å². The molecule has 0 bridgehead atoms. The highest BCUT2D eigenvalue weighted by Crippen LogP contribution is 2.35. The van der Waals surface area contributed by atoms with E-state index < -0.39 is 5.97 Å². The van der Waals surface area contributed by atoms with Crippen LogP contribution < -0.4 is 0 Å². The average Bonchev–Trinajstić information content (AvgIpc) is 3.39. The van der Waals surface area contributed by atoms with Crippen LogP contribution >= 0.6 is 0 Å². The van der Waals surface area contributed by atoms with Crippen LogP contribution in [0.2, 0.25) is 0 Å². The maximum atomic E-state index is 12.7. The molecule has 0 heterocycles. The van der Waals surface area contributed by atoms with Crippen molar-refractivity contribution in [2.45, 2.75) is 32.2 Å². The molecule has 0 radical (unpaired) electrons. The normalized spacial score (nSPS) is 14.8. The van der Waals surface area contributed by atoms with Gasteiger partial charge >= 0.3 is 5.97 Å². The van der Waals surface area contributed by atoms with Crippen LogP contribution in [0.3, 0.4) is 0 Å². The molecule has 1 saturated carbocycles. The summed E-state index contributed by atoms with van der Waals surface area (Å²) in [5.41, 5.74) is 0.941. The van der Waals surface area contributed by atoms with E-state index in [4.69, 9.17) is 5.26 Å². The molecule has 5 heteroatoms. The van der Waals surface area contributed by atoms with Gasteiger partial charge in [-0.15, -0.1) is 0 Å². The Hall–Kier alpha value is -2.35. The van der Waals surface area contributed by atoms with Gasteiger partial charge in [-0.05, 0) is 49.9 Å². The highest BCUT2D eigenvalue weighted by molar-refractivity contribution is 5.96. The first-order valence-electron chi connectivity index (χ1n) is 7.44. The van der Waals surface area contributed by atoms with Gasteiger partial charge in [0.05, 0.1) is 25.2 Å². The number of benzene rings is 1. The molecule has 0 aliphatic heterocycles. The second kappa shape index (κ2) is 7.08. The van der Waals surface area contributed by atoms with Crippen LogP contribution in [0.5, 0.6) is 0 Å². The van der Waals surface area contributed by atoms with Crippen molar-refractivity contribution in [3.63, 3.8) is 0 Å². The Morgan fingerprint density at radius 3 is 2.41 bits per heavy atom. The fourth-order valence-electron chi connectivity index (χ4n) is 2.53. The van der Waals surface area contributed by atoms with Gasteiger partial charge in [-0.1, -0.05) is 0 Å². The Labute approximate surface area is 130 Å². The predicted octanol–water partition coefficient (Wildman–Crippen LogP) is 2.63. The number of esters is 1. The summed E-state index contributed by atoms with van der Waals surface area (Å²) in [5.74, 6) is 0.0229. The zero-order valence-corrected chi connectivity index (χ0v) is 12.9. The van der Waals surface area contributed by atoms with E-state index in [1.807, 2.05) is 6.92 Å². The van der Waals surface area contributed by atoms with Crippen LogP contribution in [0.25, 0.3) is 0 Å². The first-order chi connectivity index (χ1) is 10.6. The van der Waals surface area contributed by atoms with Crippen molar-refractivity contribution in [3.05, 3.63) is 35.4 Å². The minimum absolute atomic E-state index is 0.0916. The molecule has 0 unspecified atom stereocenters. The summed E-state index contributed by atoms with van der Waals surface area (Å²) < 4.78 is 4.64. The van der Waals surface area contributed by atoms with E-state index in [2.05, 4.69) is 10.8 Å². The Morgan fingerprint density at radius 1 is 1.32 bits per heavy atom. The summed E-state index contributed by atoms with van der Waals surface area (Å²) >= 11 is 0. The number of rotatable bonds is 6. The third-order valence-electron chi connectivity index (χ3n) is 4.07. The highest BCUT2D eigenvalue weighted by atomic mass is 16.5. The topological polar surface area (TPSA) is 70.4 Å². The van der Waals surface area contributed by atoms with Gasteiger partial charge in [-0.3, -0.25) is 4.79 Å². The second-order valence-corrected chi connectivity index (χ2v) is 5.55. The minimum atomic E-state index is -0.424. The summed E-state index contributed by atoms with van der Waals surface area (Å²) in [6.45, 7) is 2.47. The summed E-state index contributed by atoms with van der Waals surface area (Å²) in [6, 6.07) is 8.67. The lowest BCUT2D eigenvalue weighted by atomic mass is 10.1. The Morgan fingerprint density at radius 2 is 1.91 bits per heavy atom. The molecule has 1 aromatic carbocycles. The molecule has 2 rings (SSSR count). The number of carbonyl (C=O) groups is 2. The van der Waals surface area contributed by atoms with Crippen LogP contribution in [-0.4, -0.2) is 36.5 Å². The fraction of sp³-hybridized carbons (Fsp3) is 0.471. The molecule has 0 N–H and O–H groups in total. The molecule has 1 atom stereocenters. The van der Waals surface area contributed by atoms with Crippen LogP contribution in [-0.2, 0) is 4.74 Å². The van der Waals surface area contributed by atoms with Crippen molar-refractivity contribution in [3.8, 4) is 6.07 Å². The molecule has 0 spiro atoms. The van der Waals surface area contributed by atoms with Gasteiger partial charge in [0.1, 0.15) is 0 Å². The van der Waals surface area contributed by atoms with E-state index in [0.29, 0.717) is 30.0 Å². The molecule has 22 heavy (non-hydrogen) atoms. The Balaban J connectivity index is 2.15. The molecule has 0 saturated heterocycles. The van der Waals surface area contributed by atoms with E-state index in [9.17, 15) is 9.59 Å². The standard InChI is InChI=1S/C17H20N2O3/c1-12(13-4-5-13)19(11-3-10-18)16(20)14-6-8-15(9-7-14)17(21)22-2/h6-9,12-13H,3-5,11H2,1-2H3/t12-/m1/s1. The van der Waals surface area contributed by atoms with Crippen molar-refractivity contribution < 1.29 is 14.3 Å². The average molecular weight is 300 g/mol. The molecular weight excluding hydrogens is 280 g/mol. The number of carbonyl (C=O) groups excluding carboxylic acids is 2. The molecular formula is C17H20N2O3. The summed E-state index contributed by atoms with van der Waals surface area (Å²) in [7, 11) is 1.32. The first-order valence-corrected chi connectivity index (χ1v) is 7.44. The van der Waals surface area contributed by atoms with Crippen molar-refractivity contribution in [1.29, 1.82) is 5.26 Å². The van der Waals surface area contributed by atoms with E-state index >= 15 is 0 Å². The predicted molar refractivity (Wildman–Crippen MR) is 81.2 cm³/mol. The molecule has 1 amide bonds. The molecule has 1 aromatic rings. The lowest BCUT2D eigenvalue weighted by Crippen LogP contribution is -2.40. The SMILES string of the molecule is COC(=O)c1ccc(C(=O)N(CCC#N)[C@H](C)C2CC2)cc1. The summed E-state index contributed by atoms with van der Waals surface area (Å²) in [6.07, 6.45) is 2.60. The van der Waals surface area contributed by atoms with Gasteiger partial charge in [0.2, 0.25) is 0 Å². The van der Waals surface area contributed by atoms with Crippen LogP contribution in [0, 0.1) is 17.2 Å². The van der Waals surface area contributed by atoms with Crippen molar-refractivity contribution in [2.75, 3.05) is 13.7 Å². The van der Waals surface area contributed by atoms with Gasteiger partial charge in [0.15, 0.2) is 0 Å². The minimum Gasteiger partial charge on any atom is -0.465 e. The molecule has 1 aliphatic rings. The van der Waals surface area contributed by atoms with Crippen molar-refractivity contribution >= 4 is 11.9 Å². The van der Waals surface area contributed by atoms with Crippen LogP contribution in [0.4, 0.5) is 0 Å². The lowest BCUT2D eigenvalue weighted by molar-refractivity contribution is 0.0598. The number of nitriles is 1. The number of hydrogen-bond donors (Lipinski definition) is 0. The van der Waals surface area contributed by atoms with E-state index in [1.165, 1.54) is 7.11 Å². The van der Waals surface area contributed by atoms with Crippen molar-refractivity contribution in [1.82, 2.24) is 4.90 Å². The maximum absolute atomic E-state index is 12.7. The molecule has 5 nitrogen and oxygen atoms in total. The van der Waals surface area contributed by atoms with Gasteiger partial charge in [0, 0.05) is 18.2 Å². The Kier molecular flexibility index (Phi) is 5.16. The van der Waals surface area contributed by atoms with Crippen molar-refractivity contribution in [2.24, 2.45) is 5.92 Å². The third kappa shape index (κ3) is 3.64. The summed E-state index contributed by atoms with van der Waals surface area (Å²) in [4.78, 5) is 25.9. The van der Waals surface area contributed by atoms with Gasteiger partial charge in [0.25, 0.3) is 5.91 Å². The first kappa shape index (κ1) is 16.0. The maximum Gasteiger partial charge on any atom is 0.337 e. The number of ether oxygens (including phenoxy) is 1.